The summed E-state index contributed by atoms with van der Waals surface area (Å²) >= 11 is 7.82. The van der Waals surface area contributed by atoms with Gasteiger partial charge in [-0.3, -0.25) is 0 Å². The van der Waals surface area contributed by atoms with E-state index in [2.05, 4.69) is 10.3 Å². The lowest BCUT2D eigenvalue weighted by atomic mass is 10.2. The molecule has 6 heteroatoms. The lowest BCUT2D eigenvalue weighted by Crippen LogP contribution is -2.01. The van der Waals surface area contributed by atoms with E-state index in [0.717, 1.165) is 16.4 Å². The van der Waals surface area contributed by atoms with Crippen LogP contribution in [-0.2, 0) is 6.54 Å². The summed E-state index contributed by atoms with van der Waals surface area (Å²) in [4.78, 5) is 4.39. The average Bonchev–Trinajstić information content (AvgIpc) is 2.82. The van der Waals surface area contributed by atoms with Gasteiger partial charge in [-0.1, -0.05) is 11.6 Å². The zero-order valence-corrected chi connectivity index (χ0v) is 12.6. The molecule has 0 radical (unpaired) electrons. The van der Waals surface area contributed by atoms with Crippen molar-refractivity contribution in [3.05, 3.63) is 33.2 Å². The predicted octanol–water partition coefficient (Wildman–Crippen LogP) is 3.73. The van der Waals surface area contributed by atoms with E-state index in [4.69, 9.17) is 21.1 Å². The zero-order valence-electron chi connectivity index (χ0n) is 11.0. The second-order valence-electron chi connectivity index (χ2n) is 3.90. The summed E-state index contributed by atoms with van der Waals surface area (Å²) in [5, 5.41) is 6.91. The number of aryl methyl sites for hydroxylation is 1. The Kier molecular flexibility index (Phi) is 4.50. The Balaban J connectivity index is 2.15. The number of hydrogen-bond donors (Lipinski definition) is 1. The summed E-state index contributed by atoms with van der Waals surface area (Å²) in [5.41, 5.74) is 1.79. The summed E-state index contributed by atoms with van der Waals surface area (Å²) in [6.07, 6.45) is 0. The van der Waals surface area contributed by atoms with Crippen molar-refractivity contribution < 1.29 is 9.47 Å². The van der Waals surface area contributed by atoms with Crippen molar-refractivity contribution in [2.24, 2.45) is 0 Å². The van der Waals surface area contributed by atoms with E-state index in [1.807, 2.05) is 18.4 Å². The first-order chi connectivity index (χ1) is 9.13. The van der Waals surface area contributed by atoms with Gasteiger partial charge in [0.05, 0.1) is 42.2 Å². The van der Waals surface area contributed by atoms with Gasteiger partial charge in [0.15, 0.2) is 11.5 Å². The number of ether oxygens (including phenoxy) is 2. The summed E-state index contributed by atoms with van der Waals surface area (Å²) in [7, 11) is 3.18. The third-order valence-corrected chi connectivity index (χ3v) is 3.73. The molecule has 1 aromatic heterocycles. The van der Waals surface area contributed by atoms with E-state index >= 15 is 0 Å². The number of nitrogens with one attached hydrogen (secondary N) is 1. The van der Waals surface area contributed by atoms with Crippen molar-refractivity contribution in [3.63, 3.8) is 0 Å². The smallest absolute Gasteiger partial charge is 0.162 e. The summed E-state index contributed by atoms with van der Waals surface area (Å²) < 4.78 is 10.4. The molecule has 1 heterocycles. The molecule has 0 aliphatic carbocycles. The third-order valence-electron chi connectivity index (χ3n) is 2.60. The molecule has 0 fully saturated rings. The molecule has 0 spiro atoms. The molecular formula is C13H15ClN2O2S. The fourth-order valence-corrected chi connectivity index (χ4v) is 2.50. The van der Waals surface area contributed by atoms with Crippen molar-refractivity contribution in [1.82, 2.24) is 4.98 Å². The molecule has 1 aromatic carbocycles. The molecule has 4 nitrogen and oxygen atoms in total. The molecule has 0 unspecified atom stereocenters. The van der Waals surface area contributed by atoms with Crippen molar-refractivity contribution >= 4 is 28.6 Å². The molecule has 1 N–H and O–H groups in total. The maximum absolute atomic E-state index is 6.19. The summed E-state index contributed by atoms with van der Waals surface area (Å²) in [6.45, 7) is 2.61. The van der Waals surface area contributed by atoms with Gasteiger partial charge in [-0.15, -0.1) is 11.3 Å². The standard InChI is InChI=1S/C13H15ClN2O2S/c1-8-16-9(7-19-8)6-15-11-5-13(18-3)12(17-2)4-10(11)14/h4-5,7,15H,6H2,1-3H3. The Morgan fingerprint density at radius 2 is 1.95 bits per heavy atom. The van der Waals surface area contributed by atoms with Gasteiger partial charge in [0.25, 0.3) is 0 Å². The highest BCUT2D eigenvalue weighted by molar-refractivity contribution is 7.09. The highest BCUT2D eigenvalue weighted by Gasteiger charge is 2.10. The highest BCUT2D eigenvalue weighted by Crippen LogP contribution is 2.36. The van der Waals surface area contributed by atoms with Crippen molar-refractivity contribution in [3.8, 4) is 11.5 Å². The zero-order chi connectivity index (χ0) is 13.8. The molecule has 0 atom stereocenters. The van der Waals surface area contributed by atoms with E-state index in [0.29, 0.717) is 23.1 Å². The van der Waals surface area contributed by atoms with Gasteiger partial charge in [-0.05, 0) is 6.92 Å². The van der Waals surface area contributed by atoms with Gasteiger partial charge in [0.1, 0.15) is 0 Å². The first-order valence-electron chi connectivity index (χ1n) is 5.70. The quantitative estimate of drug-likeness (QED) is 0.913. The largest absolute Gasteiger partial charge is 0.493 e. The van der Waals surface area contributed by atoms with Gasteiger partial charge in [-0.2, -0.15) is 0 Å². The van der Waals surface area contributed by atoms with Crippen LogP contribution in [0.4, 0.5) is 5.69 Å². The normalized spacial score (nSPS) is 10.3. The second kappa shape index (κ2) is 6.12. The van der Waals surface area contributed by atoms with Crippen LogP contribution >= 0.6 is 22.9 Å². The maximum Gasteiger partial charge on any atom is 0.162 e. The lowest BCUT2D eigenvalue weighted by molar-refractivity contribution is 0.355. The molecule has 2 rings (SSSR count). The van der Waals surface area contributed by atoms with Crippen LogP contribution in [0.5, 0.6) is 11.5 Å². The topological polar surface area (TPSA) is 43.4 Å². The number of anilines is 1. The fraction of sp³-hybridized carbons (Fsp3) is 0.308. The van der Waals surface area contributed by atoms with Crippen LogP contribution in [0.2, 0.25) is 5.02 Å². The number of halogens is 1. The molecule has 0 saturated heterocycles. The molecule has 0 saturated carbocycles. The number of benzene rings is 1. The molecule has 0 aliphatic heterocycles. The van der Waals surface area contributed by atoms with Crippen LogP contribution in [0, 0.1) is 6.92 Å². The van der Waals surface area contributed by atoms with E-state index < -0.39 is 0 Å². The summed E-state index contributed by atoms with van der Waals surface area (Å²) in [5.74, 6) is 1.26. The van der Waals surface area contributed by atoms with E-state index in [1.54, 1.807) is 31.6 Å². The molecule has 19 heavy (non-hydrogen) atoms. The fourth-order valence-electron chi connectivity index (χ4n) is 1.66. The van der Waals surface area contributed by atoms with E-state index in [9.17, 15) is 0 Å². The Morgan fingerprint density at radius 3 is 2.53 bits per heavy atom. The number of methoxy groups -OCH3 is 2. The average molecular weight is 299 g/mol. The van der Waals surface area contributed by atoms with Gasteiger partial charge in [-0.25, -0.2) is 4.98 Å². The van der Waals surface area contributed by atoms with Crippen molar-refractivity contribution in [1.29, 1.82) is 0 Å². The molecule has 2 aromatic rings. The number of thiazole rings is 1. The van der Waals surface area contributed by atoms with Gasteiger partial charge < -0.3 is 14.8 Å². The van der Waals surface area contributed by atoms with Crippen LogP contribution in [0.1, 0.15) is 10.7 Å². The summed E-state index contributed by atoms with van der Waals surface area (Å²) in [6, 6.07) is 3.55. The van der Waals surface area contributed by atoms with Crippen LogP contribution in [-0.4, -0.2) is 19.2 Å². The Bertz CT molecular complexity index is 572. The van der Waals surface area contributed by atoms with Crippen LogP contribution in [0.3, 0.4) is 0 Å². The molecule has 0 amide bonds. The maximum atomic E-state index is 6.19. The predicted molar refractivity (Wildman–Crippen MR) is 78.7 cm³/mol. The van der Waals surface area contributed by atoms with Crippen molar-refractivity contribution in [2.45, 2.75) is 13.5 Å². The minimum absolute atomic E-state index is 0.588. The SMILES string of the molecule is COc1cc(Cl)c(NCc2csc(C)n2)cc1OC. The first kappa shape index (κ1) is 14.0. The van der Waals surface area contributed by atoms with E-state index in [-0.39, 0.29) is 0 Å². The lowest BCUT2D eigenvalue weighted by Gasteiger charge is -2.12. The Labute approximate surface area is 121 Å². The monoisotopic (exact) mass is 298 g/mol. The van der Waals surface area contributed by atoms with Crippen LogP contribution in [0.15, 0.2) is 17.5 Å². The Morgan fingerprint density at radius 1 is 1.26 bits per heavy atom. The van der Waals surface area contributed by atoms with E-state index in [1.165, 1.54) is 0 Å². The molecule has 0 aliphatic rings. The Hall–Kier alpha value is -1.46. The number of rotatable bonds is 5. The van der Waals surface area contributed by atoms with Crippen LogP contribution in [0.25, 0.3) is 0 Å². The molecule has 102 valence electrons. The molecule has 0 bridgehead atoms. The van der Waals surface area contributed by atoms with Crippen molar-refractivity contribution in [2.75, 3.05) is 19.5 Å². The number of aromatic nitrogens is 1. The number of hydrogen-bond acceptors (Lipinski definition) is 5. The van der Waals surface area contributed by atoms with Gasteiger partial charge >= 0.3 is 0 Å². The van der Waals surface area contributed by atoms with Gasteiger partial charge in [0.2, 0.25) is 0 Å². The van der Waals surface area contributed by atoms with Crippen LogP contribution < -0.4 is 14.8 Å². The van der Waals surface area contributed by atoms with Gasteiger partial charge in [0, 0.05) is 17.5 Å². The number of nitrogens with zero attached hydrogens (tertiary/aromatic N) is 1. The third kappa shape index (κ3) is 3.30. The first-order valence-corrected chi connectivity index (χ1v) is 6.96. The minimum atomic E-state index is 0.588. The second-order valence-corrected chi connectivity index (χ2v) is 5.37. The minimum Gasteiger partial charge on any atom is -0.493 e. The highest BCUT2D eigenvalue weighted by atomic mass is 35.5. The molecular weight excluding hydrogens is 284 g/mol.